The van der Waals surface area contributed by atoms with Gasteiger partial charge in [-0.05, 0) is 25.3 Å². The molecule has 2 saturated heterocycles. The van der Waals surface area contributed by atoms with E-state index in [2.05, 4.69) is 0 Å². The van der Waals surface area contributed by atoms with Crippen LogP contribution in [0.25, 0.3) is 0 Å². The van der Waals surface area contributed by atoms with Crippen LogP contribution in [0, 0.1) is 0 Å². The first-order chi connectivity index (χ1) is 19.1. The average molecular weight is 595 g/mol. The van der Waals surface area contributed by atoms with E-state index in [4.69, 9.17) is 23.7 Å². The quantitative estimate of drug-likeness (QED) is 0.140. The Bertz CT molecular complexity index is 941. The summed E-state index contributed by atoms with van der Waals surface area (Å²) < 4.78 is 28.9. The number of hydrogen-bond acceptors (Lipinski definition) is 13. The molecule has 0 bridgehead atoms. The number of aliphatic carboxylic acids is 1. The van der Waals surface area contributed by atoms with Gasteiger partial charge in [-0.1, -0.05) is 43.2 Å². The van der Waals surface area contributed by atoms with Crippen LogP contribution in [0.2, 0.25) is 0 Å². The van der Waals surface area contributed by atoms with Gasteiger partial charge in [-0.3, -0.25) is 0 Å². The third-order valence-corrected chi connectivity index (χ3v) is 7.74. The largest absolute Gasteiger partial charge is 1.00 e. The zero-order valence-electron chi connectivity index (χ0n) is 23.2. The first kappa shape index (κ1) is 34.7. The molecule has 13 nitrogen and oxygen atoms in total. The Morgan fingerprint density at radius 1 is 0.902 bits per heavy atom. The summed E-state index contributed by atoms with van der Waals surface area (Å²) in [4.78, 5) is 11.9. The molecule has 3 aliphatic rings. The minimum atomic E-state index is -1.65. The molecule has 4 rings (SSSR count). The molecule has 0 aromatic heterocycles. The number of carbonyl (C=O) groups excluding carboxylic acids is 1. The standard InChI is InChI=1S/C27H40O13.Na/c1-13-19(29)21(31)22(32)26(36-13)38-15-9-5-6-10-16(15)39-27-23(33)24(20(30)18(12-28)40-27)37-17(25(34)35)11-14-7-3-2-4-8-14;/h2-4,7-8,13,15-24,26-33H,5-6,9-12H2,1H3,(H,34,35);/q;+1/p-1/t13-,15+,16+,17-,18-,19+,20-,21-,22-,23-,24-,26-,27+;/m0./s1. The Morgan fingerprint density at radius 2 is 1.49 bits per heavy atom. The number of rotatable bonds is 10. The second-order valence-electron chi connectivity index (χ2n) is 10.6. The van der Waals surface area contributed by atoms with E-state index in [1.807, 2.05) is 0 Å². The van der Waals surface area contributed by atoms with Crippen molar-refractivity contribution in [3.8, 4) is 0 Å². The number of aliphatic hydroxyl groups excluding tert-OH is 6. The van der Waals surface area contributed by atoms with Gasteiger partial charge >= 0.3 is 29.6 Å². The van der Waals surface area contributed by atoms with Crippen LogP contribution in [0.3, 0.4) is 0 Å². The summed E-state index contributed by atoms with van der Waals surface area (Å²) in [5, 5.41) is 74.0. The van der Waals surface area contributed by atoms with Crippen molar-refractivity contribution in [2.24, 2.45) is 0 Å². The van der Waals surface area contributed by atoms with Crippen molar-refractivity contribution in [1.29, 1.82) is 0 Å². The number of ether oxygens (including phenoxy) is 5. The average Bonchev–Trinajstić information content (AvgIpc) is 2.95. The van der Waals surface area contributed by atoms with Crippen LogP contribution < -0.4 is 34.7 Å². The van der Waals surface area contributed by atoms with Crippen molar-refractivity contribution in [1.82, 2.24) is 0 Å². The van der Waals surface area contributed by atoms with E-state index in [1.165, 1.54) is 6.92 Å². The first-order valence-electron chi connectivity index (χ1n) is 13.6. The number of carboxylic acid groups (broad SMARTS) is 1. The molecule has 13 atom stereocenters. The first-order valence-corrected chi connectivity index (χ1v) is 13.6. The smallest absolute Gasteiger partial charge is 0.547 e. The van der Waals surface area contributed by atoms with Gasteiger partial charge in [-0.2, -0.15) is 0 Å². The molecule has 0 unspecified atom stereocenters. The molecule has 1 aromatic rings. The fourth-order valence-corrected chi connectivity index (χ4v) is 5.38. The molecule has 2 heterocycles. The summed E-state index contributed by atoms with van der Waals surface area (Å²) in [5.74, 6) is -1.54. The molecule has 1 aromatic carbocycles. The molecule has 0 amide bonds. The van der Waals surface area contributed by atoms with E-state index in [9.17, 15) is 40.5 Å². The van der Waals surface area contributed by atoms with Crippen LogP contribution in [0.1, 0.15) is 38.2 Å². The van der Waals surface area contributed by atoms with Gasteiger partial charge in [0.15, 0.2) is 12.6 Å². The molecule has 0 radical (unpaired) electrons. The Kier molecular flexibility index (Phi) is 13.4. The second kappa shape index (κ2) is 15.8. The molecule has 0 spiro atoms. The van der Waals surface area contributed by atoms with Crippen LogP contribution in [-0.2, 0) is 34.9 Å². The number of carbonyl (C=O) groups is 1. The Labute approximate surface area is 260 Å². The predicted octanol–water partition coefficient (Wildman–Crippen LogP) is -5.65. The third kappa shape index (κ3) is 8.46. The van der Waals surface area contributed by atoms with Gasteiger partial charge in [-0.15, -0.1) is 0 Å². The van der Waals surface area contributed by atoms with Gasteiger partial charge in [0.1, 0.15) is 48.8 Å². The van der Waals surface area contributed by atoms with Crippen LogP contribution >= 0.6 is 0 Å². The normalized spacial score (nSPS) is 40.4. The number of carboxylic acids is 1. The van der Waals surface area contributed by atoms with Crippen LogP contribution in [0.5, 0.6) is 0 Å². The monoisotopic (exact) mass is 594 g/mol. The molecule has 41 heavy (non-hydrogen) atoms. The molecule has 226 valence electrons. The van der Waals surface area contributed by atoms with E-state index in [0.29, 0.717) is 18.4 Å². The number of hydrogen-bond donors (Lipinski definition) is 6. The van der Waals surface area contributed by atoms with Gasteiger partial charge in [0.2, 0.25) is 0 Å². The van der Waals surface area contributed by atoms with Crippen LogP contribution in [0.4, 0.5) is 0 Å². The van der Waals surface area contributed by atoms with Gasteiger partial charge in [0, 0.05) is 6.42 Å². The van der Waals surface area contributed by atoms with E-state index in [-0.39, 0.29) is 36.0 Å². The number of aliphatic hydroxyl groups is 6. The van der Waals surface area contributed by atoms with Crippen molar-refractivity contribution in [2.75, 3.05) is 6.61 Å². The van der Waals surface area contributed by atoms with Crippen molar-refractivity contribution in [2.45, 2.75) is 119 Å². The molecule has 1 saturated carbocycles. The van der Waals surface area contributed by atoms with Gasteiger partial charge < -0.3 is 64.2 Å². The van der Waals surface area contributed by atoms with Gasteiger partial charge in [-0.25, -0.2) is 0 Å². The van der Waals surface area contributed by atoms with Crippen molar-refractivity contribution >= 4 is 5.97 Å². The zero-order chi connectivity index (χ0) is 29.0. The minimum Gasteiger partial charge on any atom is -0.547 e. The molecule has 1 aliphatic carbocycles. The van der Waals surface area contributed by atoms with E-state index < -0.39 is 92.3 Å². The topological polar surface area (TPSA) is 208 Å². The predicted molar refractivity (Wildman–Crippen MR) is 132 cm³/mol. The SMILES string of the molecule is C[C@@H]1O[C@@H](O[C@@H]2CCCC[C@H]2O[C@@H]2O[C@@H](CO)[C@H](O)[C@H](O[C@@H](Cc3ccccc3)C(=O)[O-])[C@@H]2O)[C@@H](O)[C@@H](O)[C@@H]1O.[Na+]. The molecule has 6 N–H and O–H groups in total. The molecule has 3 fully saturated rings. The fourth-order valence-electron chi connectivity index (χ4n) is 5.38. The van der Waals surface area contributed by atoms with Crippen LogP contribution in [-0.4, -0.2) is 123 Å². The Morgan fingerprint density at radius 3 is 2.05 bits per heavy atom. The Hall–Kier alpha value is -0.750. The summed E-state index contributed by atoms with van der Waals surface area (Å²) in [7, 11) is 0. The van der Waals surface area contributed by atoms with Crippen molar-refractivity contribution < 1.29 is 93.8 Å². The maximum absolute atomic E-state index is 11.9. The summed E-state index contributed by atoms with van der Waals surface area (Å²) in [6, 6.07) is 8.64. The number of benzene rings is 1. The third-order valence-electron chi connectivity index (χ3n) is 7.74. The summed E-state index contributed by atoms with van der Waals surface area (Å²) in [6.45, 7) is 0.877. The van der Waals surface area contributed by atoms with E-state index in [0.717, 1.165) is 12.8 Å². The second-order valence-corrected chi connectivity index (χ2v) is 10.6. The summed E-state index contributed by atoms with van der Waals surface area (Å²) in [6.07, 6.45) is -14.2. The molecular formula is C27H39NaO13. The van der Waals surface area contributed by atoms with Crippen LogP contribution in [0.15, 0.2) is 30.3 Å². The summed E-state index contributed by atoms with van der Waals surface area (Å²) >= 11 is 0. The van der Waals surface area contributed by atoms with E-state index >= 15 is 0 Å². The summed E-state index contributed by atoms with van der Waals surface area (Å²) in [5.41, 5.74) is 0.639. The maximum atomic E-state index is 11.9. The molecule has 14 heteroatoms. The fraction of sp³-hybridized carbons (Fsp3) is 0.741. The van der Waals surface area contributed by atoms with Crippen molar-refractivity contribution in [3.63, 3.8) is 0 Å². The Balaban J connectivity index is 0.00000462. The minimum absolute atomic E-state index is 0. The molecule has 2 aliphatic heterocycles. The van der Waals surface area contributed by atoms with Gasteiger partial charge in [0.05, 0.1) is 30.9 Å². The van der Waals surface area contributed by atoms with Gasteiger partial charge in [0.25, 0.3) is 0 Å². The molecular weight excluding hydrogens is 555 g/mol. The van der Waals surface area contributed by atoms with Crippen molar-refractivity contribution in [3.05, 3.63) is 35.9 Å². The van der Waals surface area contributed by atoms with E-state index in [1.54, 1.807) is 30.3 Å². The zero-order valence-corrected chi connectivity index (χ0v) is 25.2. The maximum Gasteiger partial charge on any atom is 1.00 e.